The summed E-state index contributed by atoms with van der Waals surface area (Å²) in [5.41, 5.74) is 0. The number of aliphatic carboxylic acids is 2. The molecule has 0 amide bonds. The highest BCUT2D eigenvalue weighted by Crippen LogP contribution is 2.08. The maximum atomic E-state index is 10.1. The summed E-state index contributed by atoms with van der Waals surface area (Å²) >= 11 is 0. The van der Waals surface area contributed by atoms with Crippen molar-refractivity contribution in [2.45, 2.75) is 64.6 Å². The van der Waals surface area contributed by atoms with Crippen LogP contribution in [0.15, 0.2) is 0 Å². The monoisotopic (exact) mass is 264 g/mol. The van der Waals surface area contributed by atoms with Gasteiger partial charge in [-0.1, -0.05) is 25.7 Å². The Morgan fingerprint density at radius 1 is 0.778 bits per heavy atom. The second kappa shape index (κ2) is 13.9. The molecule has 0 fully saturated rings. The molecule has 0 saturated heterocycles. The number of hydrogen-bond acceptors (Lipinski definition) is 4. The van der Waals surface area contributed by atoms with Crippen LogP contribution in [-0.2, 0) is 9.59 Å². The third-order valence-corrected chi connectivity index (χ3v) is 2.03. The van der Waals surface area contributed by atoms with Gasteiger partial charge in [-0.2, -0.15) is 0 Å². The van der Waals surface area contributed by atoms with Crippen LogP contribution in [0, 0.1) is 0 Å². The first-order valence-electron chi connectivity index (χ1n) is 6.16. The Hall–Kier alpha value is -1.14. The van der Waals surface area contributed by atoms with Gasteiger partial charge in [0.15, 0.2) is 0 Å². The zero-order valence-corrected chi connectivity index (χ0v) is 10.8. The van der Waals surface area contributed by atoms with Crippen molar-refractivity contribution >= 4 is 11.9 Å². The van der Waals surface area contributed by atoms with E-state index in [-0.39, 0.29) is 12.8 Å². The van der Waals surface area contributed by atoms with Gasteiger partial charge in [0, 0.05) is 12.8 Å². The van der Waals surface area contributed by atoms with E-state index in [1.165, 1.54) is 6.92 Å². The summed E-state index contributed by atoms with van der Waals surface area (Å²) in [4.78, 5) is 20.3. The van der Waals surface area contributed by atoms with E-state index < -0.39 is 18.2 Å². The van der Waals surface area contributed by atoms with E-state index in [4.69, 9.17) is 20.4 Å². The van der Waals surface area contributed by atoms with Crippen molar-refractivity contribution in [3.63, 3.8) is 0 Å². The van der Waals surface area contributed by atoms with E-state index in [0.29, 0.717) is 0 Å². The number of carbonyl (C=O) groups is 2. The Labute approximate surface area is 107 Å². The van der Waals surface area contributed by atoms with Crippen LogP contribution in [0.4, 0.5) is 0 Å². The topological polar surface area (TPSA) is 115 Å². The van der Waals surface area contributed by atoms with E-state index in [1.807, 2.05) is 0 Å². The molecule has 0 aliphatic rings. The fraction of sp³-hybridized carbons (Fsp3) is 0.833. The zero-order valence-electron chi connectivity index (χ0n) is 10.8. The minimum Gasteiger partial charge on any atom is -0.481 e. The molecule has 0 saturated carbocycles. The quantitative estimate of drug-likeness (QED) is 0.371. The van der Waals surface area contributed by atoms with Crippen LogP contribution in [0.2, 0.25) is 0 Å². The maximum Gasteiger partial charge on any atom is 0.303 e. The summed E-state index contributed by atoms with van der Waals surface area (Å²) in [6.45, 7) is 1.28. The number of carboxylic acid groups (broad SMARTS) is 2. The second-order valence-corrected chi connectivity index (χ2v) is 4.04. The highest BCUT2D eigenvalue weighted by molar-refractivity contribution is 5.66. The average molecular weight is 264 g/mol. The van der Waals surface area contributed by atoms with Crippen LogP contribution in [0.25, 0.3) is 0 Å². The van der Waals surface area contributed by atoms with Crippen molar-refractivity contribution in [1.29, 1.82) is 0 Å². The summed E-state index contributed by atoms with van der Waals surface area (Å²) in [5, 5.41) is 31.9. The number of unbranched alkanes of at least 4 members (excludes halogenated alkanes) is 5. The molecule has 18 heavy (non-hydrogen) atoms. The molecule has 0 aromatic heterocycles. The smallest absolute Gasteiger partial charge is 0.303 e. The molecule has 0 radical (unpaired) electrons. The number of aliphatic hydroxyl groups is 2. The molecule has 4 N–H and O–H groups in total. The van der Waals surface area contributed by atoms with Gasteiger partial charge < -0.3 is 20.4 Å². The molecule has 0 aromatic rings. The van der Waals surface area contributed by atoms with Crippen LogP contribution >= 0.6 is 0 Å². The molecule has 0 aliphatic carbocycles. The van der Waals surface area contributed by atoms with Crippen molar-refractivity contribution in [3.8, 4) is 0 Å². The van der Waals surface area contributed by atoms with Crippen molar-refractivity contribution < 1.29 is 30.0 Å². The summed E-state index contributed by atoms with van der Waals surface area (Å²) in [6.07, 6.45) is 4.66. The third-order valence-electron chi connectivity index (χ3n) is 2.03. The fourth-order valence-corrected chi connectivity index (χ4v) is 1.26. The van der Waals surface area contributed by atoms with Crippen LogP contribution in [-0.4, -0.2) is 38.7 Å². The summed E-state index contributed by atoms with van der Waals surface area (Å²) in [5.74, 6) is -1.48. The highest BCUT2D eigenvalue weighted by atomic mass is 16.5. The van der Waals surface area contributed by atoms with Crippen LogP contribution < -0.4 is 0 Å². The maximum absolute atomic E-state index is 10.1. The lowest BCUT2D eigenvalue weighted by Crippen LogP contribution is -1.94. The Bertz CT molecular complexity index is 192. The molecule has 0 aliphatic heterocycles. The largest absolute Gasteiger partial charge is 0.481 e. The minimum atomic E-state index is -1.17. The normalized spacial score (nSPS) is 9.78. The van der Waals surface area contributed by atoms with Crippen LogP contribution in [0.1, 0.15) is 58.3 Å². The van der Waals surface area contributed by atoms with Gasteiger partial charge in [-0.25, -0.2) is 0 Å². The number of hydrogen-bond donors (Lipinski definition) is 4. The zero-order chi connectivity index (χ0) is 14.4. The van der Waals surface area contributed by atoms with Crippen molar-refractivity contribution in [1.82, 2.24) is 0 Å². The molecule has 0 rings (SSSR count). The molecule has 108 valence electrons. The standard InChI is InChI=1S/C10H18O4.C2H6O2/c11-9(12)7-5-3-1-2-4-6-8-10(13)14;1-2(3)4/h1-8H2,(H,11,12)(H,13,14);2-4H,1H3. The lowest BCUT2D eigenvalue weighted by atomic mass is 10.1. The highest BCUT2D eigenvalue weighted by Gasteiger charge is 1.98. The van der Waals surface area contributed by atoms with E-state index in [2.05, 4.69) is 0 Å². The fourth-order valence-electron chi connectivity index (χ4n) is 1.26. The molecule has 6 nitrogen and oxygen atoms in total. The van der Waals surface area contributed by atoms with E-state index >= 15 is 0 Å². The van der Waals surface area contributed by atoms with Crippen molar-refractivity contribution in [3.05, 3.63) is 0 Å². The summed E-state index contributed by atoms with van der Waals surface area (Å²) in [6, 6.07) is 0. The molecule has 6 heteroatoms. The van der Waals surface area contributed by atoms with Gasteiger partial charge in [-0.05, 0) is 19.8 Å². The number of aliphatic hydroxyl groups excluding tert-OH is 1. The Balaban J connectivity index is 0. The Morgan fingerprint density at radius 3 is 1.22 bits per heavy atom. The molecule has 0 heterocycles. The van der Waals surface area contributed by atoms with E-state index in [1.54, 1.807) is 0 Å². The van der Waals surface area contributed by atoms with E-state index in [0.717, 1.165) is 38.5 Å². The average Bonchev–Trinajstić information content (AvgIpc) is 2.20. The first kappa shape index (κ1) is 19.2. The van der Waals surface area contributed by atoms with Gasteiger partial charge in [0.05, 0.1) is 0 Å². The summed E-state index contributed by atoms with van der Waals surface area (Å²) < 4.78 is 0. The molecular formula is C12H24O6. The van der Waals surface area contributed by atoms with Gasteiger partial charge in [-0.3, -0.25) is 9.59 Å². The van der Waals surface area contributed by atoms with Gasteiger partial charge in [0.1, 0.15) is 6.29 Å². The summed E-state index contributed by atoms with van der Waals surface area (Å²) in [7, 11) is 0. The van der Waals surface area contributed by atoms with Crippen molar-refractivity contribution in [2.75, 3.05) is 0 Å². The molecule has 0 spiro atoms. The molecule has 0 bridgehead atoms. The van der Waals surface area contributed by atoms with Gasteiger partial charge >= 0.3 is 11.9 Å². The lowest BCUT2D eigenvalue weighted by Gasteiger charge is -1.98. The van der Waals surface area contributed by atoms with Gasteiger partial charge in [0.2, 0.25) is 0 Å². The number of carboxylic acids is 2. The Kier molecular flexibility index (Phi) is 14.9. The van der Waals surface area contributed by atoms with Crippen LogP contribution in [0.5, 0.6) is 0 Å². The van der Waals surface area contributed by atoms with Gasteiger partial charge in [0.25, 0.3) is 0 Å². The number of rotatable bonds is 9. The predicted octanol–water partition coefficient (Wildman–Crippen LogP) is 1.59. The second-order valence-electron chi connectivity index (χ2n) is 4.04. The first-order valence-corrected chi connectivity index (χ1v) is 6.16. The Morgan fingerprint density at radius 2 is 1.00 bits per heavy atom. The third kappa shape index (κ3) is 29.4. The predicted molar refractivity (Wildman–Crippen MR) is 66.1 cm³/mol. The SMILES string of the molecule is CC(O)O.O=C(O)CCCCCCCCC(=O)O. The van der Waals surface area contributed by atoms with Crippen molar-refractivity contribution in [2.24, 2.45) is 0 Å². The first-order chi connectivity index (χ1) is 8.36. The molecule has 0 unspecified atom stereocenters. The minimum absolute atomic E-state index is 0.245. The molecular weight excluding hydrogens is 240 g/mol. The van der Waals surface area contributed by atoms with Gasteiger partial charge in [-0.15, -0.1) is 0 Å². The van der Waals surface area contributed by atoms with E-state index in [9.17, 15) is 9.59 Å². The van der Waals surface area contributed by atoms with Crippen LogP contribution in [0.3, 0.4) is 0 Å². The molecule has 0 atom stereocenters. The lowest BCUT2D eigenvalue weighted by molar-refractivity contribution is -0.138. The molecule has 0 aromatic carbocycles.